The third-order valence-electron chi connectivity index (χ3n) is 4.72. The standard InChI is InChI=1S/C19H22ClFN4O3/c1-12(2)25-11-16(10-23-25)24-6-4-19(28,18(24)27)17(26)22-5-3-13-7-14(20)9-15(21)8-13/h7-12,28H,3-6H2,1-2H3,(H,22,26). The molecule has 9 heteroatoms. The molecule has 1 atom stereocenters. The van der Waals surface area contributed by atoms with Gasteiger partial charge in [0.2, 0.25) is 5.60 Å². The lowest BCUT2D eigenvalue weighted by molar-refractivity contribution is -0.149. The normalized spacial score (nSPS) is 19.5. The van der Waals surface area contributed by atoms with Gasteiger partial charge in [-0.15, -0.1) is 0 Å². The van der Waals surface area contributed by atoms with E-state index in [-0.39, 0.29) is 30.6 Å². The quantitative estimate of drug-likeness (QED) is 0.716. The molecule has 0 saturated carbocycles. The van der Waals surface area contributed by atoms with E-state index in [0.717, 1.165) is 0 Å². The Bertz CT molecular complexity index is 881. The molecule has 150 valence electrons. The topological polar surface area (TPSA) is 87.5 Å². The number of amides is 2. The zero-order chi connectivity index (χ0) is 20.5. The highest BCUT2D eigenvalue weighted by Crippen LogP contribution is 2.29. The SMILES string of the molecule is CC(C)n1cc(N2CCC(O)(C(=O)NCCc3cc(F)cc(Cl)c3)C2=O)cn1. The molecule has 3 rings (SSSR count). The number of hydrogen-bond acceptors (Lipinski definition) is 4. The molecule has 2 amide bonds. The Hall–Kier alpha value is -2.45. The van der Waals surface area contributed by atoms with Crippen LogP contribution in [-0.4, -0.2) is 45.4 Å². The minimum atomic E-state index is -2.13. The molecule has 0 bridgehead atoms. The molecule has 1 fully saturated rings. The van der Waals surface area contributed by atoms with Gasteiger partial charge in [0.05, 0.1) is 11.9 Å². The third kappa shape index (κ3) is 4.02. The van der Waals surface area contributed by atoms with Gasteiger partial charge in [-0.25, -0.2) is 4.39 Å². The highest BCUT2D eigenvalue weighted by Gasteiger charge is 2.51. The van der Waals surface area contributed by atoms with Crippen LogP contribution in [0.2, 0.25) is 5.02 Å². The maximum atomic E-state index is 13.4. The summed E-state index contributed by atoms with van der Waals surface area (Å²) < 4.78 is 15.1. The van der Waals surface area contributed by atoms with Crippen molar-refractivity contribution in [3.05, 3.63) is 47.0 Å². The first kappa shape index (κ1) is 20.3. The molecule has 0 radical (unpaired) electrons. The van der Waals surface area contributed by atoms with Gasteiger partial charge in [-0.3, -0.25) is 14.3 Å². The second kappa shape index (κ2) is 7.89. The second-order valence-electron chi connectivity index (χ2n) is 7.12. The Kier molecular flexibility index (Phi) is 5.71. The van der Waals surface area contributed by atoms with Crippen molar-refractivity contribution >= 4 is 29.1 Å². The van der Waals surface area contributed by atoms with Crippen molar-refractivity contribution in [2.75, 3.05) is 18.0 Å². The molecule has 2 N–H and O–H groups in total. The van der Waals surface area contributed by atoms with Crippen LogP contribution in [0, 0.1) is 5.82 Å². The minimum Gasteiger partial charge on any atom is -0.372 e. The molecule has 0 spiro atoms. The van der Waals surface area contributed by atoms with Gasteiger partial charge < -0.3 is 15.3 Å². The summed E-state index contributed by atoms with van der Waals surface area (Å²) in [7, 11) is 0. The predicted octanol–water partition coefficient (Wildman–Crippen LogP) is 2.08. The van der Waals surface area contributed by atoms with E-state index >= 15 is 0 Å². The van der Waals surface area contributed by atoms with Crippen molar-refractivity contribution in [2.45, 2.75) is 38.3 Å². The molecular formula is C19H22ClFN4O3. The highest BCUT2D eigenvalue weighted by molar-refractivity contribution is 6.30. The lowest BCUT2D eigenvalue weighted by Crippen LogP contribution is -2.52. The predicted molar refractivity (Wildman–Crippen MR) is 103 cm³/mol. The Balaban J connectivity index is 1.62. The summed E-state index contributed by atoms with van der Waals surface area (Å²) in [6, 6.07) is 4.24. The second-order valence-corrected chi connectivity index (χ2v) is 7.56. The molecule has 0 aliphatic carbocycles. The molecule has 7 nitrogen and oxygen atoms in total. The summed E-state index contributed by atoms with van der Waals surface area (Å²) in [5.41, 5.74) is -0.978. The van der Waals surface area contributed by atoms with E-state index < -0.39 is 23.2 Å². The zero-order valence-electron chi connectivity index (χ0n) is 15.7. The average molecular weight is 409 g/mol. The van der Waals surface area contributed by atoms with Crippen molar-refractivity contribution in [1.82, 2.24) is 15.1 Å². The Morgan fingerprint density at radius 1 is 1.43 bits per heavy atom. The van der Waals surface area contributed by atoms with Gasteiger partial charge in [-0.05, 0) is 44.0 Å². The number of hydrogen-bond donors (Lipinski definition) is 2. The van der Waals surface area contributed by atoms with Crippen LogP contribution in [0.15, 0.2) is 30.6 Å². The lowest BCUT2D eigenvalue weighted by Gasteiger charge is -2.21. The number of nitrogens with zero attached hydrogens (tertiary/aromatic N) is 3. The highest BCUT2D eigenvalue weighted by atomic mass is 35.5. The maximum Gasteiger partial charge on any atom is 0.268 e. The largest absolute Gasteiger partial charge is 0.372 e. The molecule has 2 heterocycles. The van der Waals surface area contributed by atoms with Crippen LogP contribution < -0.4 is 10.2 Å². The number of aromatic nitrogens is 2. The molecule has 1 unspecified atom stereocenters. The van der Waals surface area contributed by atoms with Crippen molar-refractivity contribution in [3.8, 4) is 0 Å². The number of anilines is 1. The van der Waals surface area contributed by atoms with E-state index in [2.05, 4.69) is 10.4 Å². The number of benzene rings is 1. The Morgan fingerprint density at radius 3 is 2.82 bits per heavy atom. The maximum absolute atomic E-state index is 13.4. The van der Waals surface area contributed by atoms with Crippen LogP contribution >= 0.6 is 11.6 Å². The van der Waals surface area contributed by atoms with E-state index in [1.54, 1.807) is 16.9 Å². The van der Waals surface area contributed by atoms with Crippen LogP contribution in [0.3, 0.4) is 0 Å². The number of carbonyl (C=O) groups excluding carboxylic acids is 2. The fourth-order valence-corrected chi connectivity index (χ4v) is 3.38. The summed E-state index contributed by atoms with van der Waals surface area (Å²) in [4.78, 5) is 26.5. The first-order chi connectivity index (χ1) is 13.2. The van der Waals surface area contributed by atoms with Crippen LogP contribution in [0.4, 0.5) is 10.1 Å². The van der Waals surface area contributed by atoms with Gasteiger partial charge in [-0.1, -0.05) is 11.6 Å². The van der Waals surface area contributed by atoms with Gasteiger partial charge in [0.1, 0.15) is 5.82 Å². The Labute approximate surface area is 167 Å². The van der Waals surface area contributed by atoms with Gasteiger partial charge in [0.25, 0.3) is 11.8 Å². The first-order valence-corrected chi connectivity index (χ1v) is 9.40. The monoisotopic (exact) mass is 408 g/mol. The van der Waals surface area contributed by atoms with Crippen molar-refractivity contribution in [3.63, 3.8) is 0 Å². The van der Waals surface area contributed by atoms with Gasteiger partial charge in [-0.2, -0.15) is 5.10 Å². The van der Waals surface area contributed by atoms with Crippen molar-refractivity contribution in [2.24, 2.45) is 0 Å². The number of halogens is 2. The number of aliphatic hydroxyl groups is 1. The van der Waals surface area contributed by atoms with E-state index in [4.69, 9.17) is 11.6 Å². The molecule has 2 aromatic rings. The molecule has 1 aromatic carbocycles. The van der Waals surface area contributed by atoms with Crippen LogP contribution in [0.1, 0.15) is 31.9 Å². The number of carbonyl (C=O) groups is 2. The summed E-state index contributed by atoms with van der Waals surface area (Å²) in [5, 5.41) is 17.7. The first-order valence-electron chi connectivity index (χ1n) is 9.02. The third-order valence-corrected chi connectivity index (χ3v) is 4.94. The summed E-state index contributed by atoms with van der Waals surface area (Å²) in [6.45, 7) is 4.27. The van der Waals surface area contributed by atoms with E-state index in [1.165, 1.54) is 23.2 Å². The van der Waals surface area contributed by atoms with Crippen LogP contribution in [-0.2, 0) is 16.0 Å². The molecule has 1 aliphatic rings. The molecule has 1 aromatic heterocycles. The number of rotatable bonds is 6. The summed E-state index contributed by atoms with van der Waals surface area (Å²) >= 11 is 5.81. The Morgan fingerprint density at radius 2 is 2.18 bits per heavy atom. The fourth-order valence-electron chi connectivity index (χ4n) is 3.13. The average Bonchev–Trinajstić information content (AvgIpc) is 3.21. The summed E-state index contributed by atoms with van der Waals surface area (Å²) in [5.74, 6) is -1.91. The fraction of sp³-hybridized carbons (Fsp3) is 0.421. The van der Waals surface area contributed by atoms with E-state index in [1.807, 2.05) is 13.8 Å². The van der Waals surface area contributed by atoms with Gasteiger partial charge >= 0.3 is 0 Å². The van der Waals surface area contributed by atoms with Crippen molar-refractivity contribution in [1.29, 1.82) is 0 Å². The van der Waals surface area contributed by atoms with E-state index in [0.29, 0.717) is 17.7 Å². The van der Waals surface area contributed by atoms with Crippen molar-refractivity contribution < 1.29 is 19.1 Å². The molecular weight excluding hydrogens is 387 g/mol. The lowest BCUT2D eigenvalue weighted by atomic mass is 10.0. The molecule has 1 saturated heterocycles. The van der Waals surface area contributed by atoms with Gasteiger partial charge in [0.15, 0.2) is 0 Å². The zero-order valence-corrected chi connectivity index (χ0v) is 16.4. The van der Waals surface area contributed by atoms with Gasteiger partial charge in [0, 0.05) is 36.8 Å². The van der Waals surface area contributed by atoms with Crippen LogP contribution in [0.5, 0.6) is 0 Å². The number of nitrogens with one attached hydrogen (secondary N) is 1. The van der Waals surface area contributed by atoms with E-state index in [9.17, 15) is 19.1 Å². The molecule has 1 aliphatic heterocycles. The minimum absolute atomic E-state index is 0.0175. The smallest absolute Gasteiger partial charge is 0.268 e. The molecule has 28 heavy (non-hydrogen) atoms. The summed E-state index contributed by atoms with van der Waals surface area (Å²) in [6.07, 6.45) is 3.55. The van der Waals surface area contributed by atoms with Crippen LogP contribution in [0.25, 0.3) is 0 Å².